The molecule has 2 atom stereocenters. The minimum atomic E-state index is -0.713. The molecule has 0 aliphatic carbocycles. The SMILES string of the molecule is CCCC(C)(C(=O)O)N(C)CC(C)CC. The number of carboxylic acids is 1. The van der Waals surface area contributed by atoms with Crippen molar-refractivity contribution in [1.29, 1.82) is 0 Å². The number of rotatable bonds is 7. The summed E-state index contributed by atoms with van der Waals surface area (Å²) < 4.78 is 0. The molecule has 0 amide bonds. The summed E-state index contributed by atoms with van der Waals surface area (Å²) in [6.45, 7) is 8.99. The van der Waals surface area contributed by atoms with Crippen LogP contribution in [0.1, 0.15) is 47.0 Å². The maximum absolute atomic E-state index is 11.3. The third kappa shape index (κ3) is 3.82. The topological polar surface area (TPSA) is 40.5 Å². The molecule has 1 N–H and O–H groups in total. The standard InChI is InChI=1S/C12H25NO2/c1-6-8-12(4,11(14)15)13(5)9-10(3)7-2/h10H,6-9H2,1-5H3,(H,14,15). The lowest BCUT2D eigenvalue weighted by Gasteiger charge is -2.36. The van der Waals surface area contributed by atoms with Crippen LogP contribution < -0.4 is 0 Å². The zero-order chi connectivity index (χ0) is 12.1. The van der Waals surface area contributed by atoms with Gasteiger partial charge in [0.25, 0.3) is 0 Å². The highest BCUT2D eigenvalue weighted by Gasteiger charge is 2.36. The molecule has 0 radical (unpaired) electrons. The fourth-order valence-corrected chi connectivity index (χ4v) is 1.75. The Hall–Kier alpha value is -0.570. The summed E-state index contributed by atoms with van der Waals surface area (Å²) in [4.78, 5) is 13.3. The molecule has 0 heterocycles. The first-order chi connectivity index (χ1) is 6.88. The maximum atomic E-state index is 11.3. The van der Waals surface area contributed by atoms with Crippen LogP contribution in [0.4, 0.5) is 0 Å². The van der Waals surface area contributed by atoms with Crippen LogP contribution in [0.3, 0.4) is 0 Å². The molecule has 2 unspecified atom stereocenters. The lowest BCUT2D eigenvalue weighted by molar-refractivity contribution is -0.150. The predicted molar refractivity (Wildman–Crippen MR) is 63.0 cm³/mol. The Morgan fingerprint density at radius 1 is 1.47 bits per heavy atom. The normalized spacial score (nSPS) is 17.5. The second-order valence-corrected chi connectivity index (χ2v) is 4.72. The summed E-state index contributed by atoms with van der Waals surface area (Å²) in [5, 5.41) is 9.28. The zero-order valence-electron chi connectivity index (χ0n) is 10.7. The number of hydrogen-bond acceptors (Lipinski definition) is 2. The fraction of sp³-hybridized carbons (Fsp3) is 0.917. The summed E-state index contributed by atoms with van der Waals surface area (Å²) in [7, 11) is 1.91. The van der Waals surface area contributed by atoms with Gasteiger partial charge in [0, 0.05) is 6.54 Å². The monoisotopic (exact) mass is 215 g/mol. The van der Waals surface area contributed by atoms with Crippen molar-refractivity contribution in [3.05, 3.63) is 0 Å². The highest BCUT2D eigenvalue weighted by Crippen LogP contribution is 2.22. The Morgan fingerprint density at radius 2 is 2.00 bits per heavy atom. The molecule has 3 nitrogen and oxygen atoms in total. The van der Waals surface area contributed by atoms with Crippen LogP contribution in [0.15, 0.2) is 0 Å². The summed E-state index contributed by atoms with van der Waals surface area (Å²) in [6.07, 6.45) is 2.69. The van der Waals surface area contributed by atoms with E-state index in [2.05, 4.69) is 13.8 Å². The number of nitrogens with zero attached hydrogens (tertiary/aromatic N) is 1. The first-order valence-corrected chi connectivity index (χ1v) is 5.83. The Labute approximate surface area is 93.5 Å². The Bertz CT molecular complexity index is 206. The van der Waals surface area contributed by atoms with Crippen molar-refractivity contribution in [2.24, 2.45) is 5.92 Å². The van der Waals surface area contributed by atoms with Gasteiger partial charge >= 0.3 is 5.97 Å². The molecule has 0 aromatic rings. The van der Waals surface area contributed by atoms with Gasteiger partial charge in [-0.05, 0) is 26.3 Å². The quantitative estimate of drug-likeness (QED) is 0.709. The van der Waals surface area contributed by atoms with Gasteiger partial charge < -0.3 is 5.11 Å². The molecule has 0 aromatic heterocycles. The molecular formula is C12H25NO2. The van der Waals surface area contributed by atoms with Gasteiger partial charge in [0.15, 0.2) is 0 Å². The molecule has 0 aliphatic rings. The van der Waals surface area contributed by atoms with E-state index in [1.165, 1.54) is 0 Å². The van der Waals surface area contributed by atoms with E-state index in [1.54, 1.807) is 0 Å². The molecule has 0 rings (SSSR count). The second-order valence-electron chi connectivity index (χ2n) is 4.72. The van der Waals surface area contributed by atoms with E-state index in [1.807, 2.05) is 25.8 Å². The van der Waals surface area contributed by atoms with E-state index in [4.69, 9.17) is 0 Å². The largest absolute Gasteiger partial charge is 0.480 e. The van der Waals surface area contributed by atoms with Crippen molar-refractivity contribution in [2.45, 2.75) is 52.5 Å². The van der Waals surface area contributed by atoms with Gasteiger partial charge in [0.1, 0.15) is 5.54 Å². The van der Waals surface area contributed by atoms with Gasteiger partial charge in [-0.1, -0.05) is 33.6 Å². The van der Waals surface area contributed by atoms with Crippen molar-refractivity contribution in [3.63, 3.8) is 0 Å². The van der Waals surface area contributed by atoms with Crippen molar-refractivity contribution in [2.75, 3.05) is 13.6 Å². The van der Waals surface area contributed by atoms with Crippen molar-refractivity contribution in [1.82, 2.24) is 4.90 Å². The number of hydrogen-bond donors (Lipinski definition) is 1. The molecule has 3 heteroatoms. The minimum absolute atomic E-state index is 0.547. The Morgan fingerprint density at radius 3 is 2.33 bits per heavy atom. The molecule has 15 heavy (non-hydrogen) atoms. The maximum Gasteiger partial charge on any atom is 0.323 e. The van der Waals surface area contributed by atoms with E-state index in [-0.39, 0.29) is 0 Å². The van der Waals surface area contributed by atoms with Crippen LogP contribution in [-0.4, -0.2) is 35.1 Å². The summed E-state index contributed by atoms with van der Waals surface area (Å²) in [5.74, 6) is -0.166. The van der Waals surface area contributed by atoms with Crippen LogP contribution in [0.5, 0.6) is 0 Å². The molecule has 0 aliphatic heterocycles. The molecule has 0 saturated carbocycles. The number of carboxylic acid groups (broad SMARTS) is 1. The highest BCUT2D eigenvalue weighted by molar-refractivity contribution is 5.78. The van der Waals surface area contributed by atoms with Crippen LogP contribution in [-0.2, 0) is 4.79 Å². The van der Waals surface area contributed by atoms with Gasteiger partial charge in [-0.15, -0.1) is 0 Å². The summed E-state index contributed by atoms with van der Waals surface area (Å²) in [5.41, 5.74) is -0.710. The van der Waals surface area contributed by atoms with E-state index < -0.39 is 11.5 Å². The van der Waals surface area contributed by atoms with E-state index in [9.17, 15) is 9.90 Å². The third-order valence-corrected chi connectivity index (χ3v) is 3.32. The van der Waals surface area contributed by atoms with Gasteiger partial charge in [0.2, 0.25) is 0 Å². The van der Waals surface area contributed by atoms with E-state index in [0.717, 1.165) is 19.4 Å². The molecule has 0 fully saturated rings. The smallest absolute Gasteiger partial charge is 0.323 e. The van der Waals surface area contributed by atoms with Crippen LogP contribution in [0.2, 0.25) is 0 Å². The molecular weight excluding hydrogens is 190 g/mol. The van der Waals surface area contributed by atoms with Crippen molar-refractivity contribution < 1.29 is 9.90 Å². The first kappa shape index (κ1) is 14.4. The average molecular weight is 215 g/mol. The Balaban J connectivity index is 4.55. The predicted octanol–water partition coefficient (Wildman–Crippen LogP) is 2.61. The second kappa shape index (κ2) is 6.11. The number of likely N-dealkylation sites (N-methyl/N-ethyl adjacent to an activating group) is 1. The van der Waals surface area contributed by atoms with Gasteiger partial charge in [-0.3, -0.25) is 9.69 Å². The fourth-order valence-electron chi connectivity index (χ4n) is 1.75. The van der Waals surface area contributed by atoms with E-state index in [0.29, 0.717) is 12.3 Å². The van der Waals surface area contributed by atoms with Crippen molar-refractivity contribution >= 4 is 5.97 Å². The molecule has 0 spiro atoms. The summed E-state index contributed by atoms with van der Waals surface area (Å²) >= 11 is 0. The van der Waals surface area contributed by atoms with Crippen LogP contribution >= 0.6 is 0 Å². The zero-order valence-corrected chi connectivity index (χ0v) is 10.7. The van der Waals surface area contributed by atoms with Gasteiger partial charge in [-0.25, -0.2) is 0 Å². The first-order valence-electron chi connectivity index (χ1n) is 5.83. The lowest BCUT2D eigenvalue weighted by atomic mass is 9.93. The number of aliphatic carboxylic acids is 1. The molecule has 0 saturated heterocycles. The van der Waals surface area contributed by atoms with E-state index >= 15 is 0 Å². The highest BCUT2D eigenvalue weighted by atomic mass is 16.4. The third-order valence-electron chi connectivity index (χ3n) is 3.32. The summed E-state index contributed by atoms with van der Waals surface area (Å²) in [6, 6.07) is 0. The molecule has 0 bridgehead atoms. The Kier molecular flexibility index (Phi) is 5.88. The molecule has 90 valence electrons. The van der Waals surface area contributed by atoms with Crippen LogP contribution in [0, 0.1) is 5.92 Å². The molecule has 0 aromatic carbocycles. The number of carbonyl (C=O) groups is 1. The minimum Gasteiger partial charge on any atom is -0.480 e. The lowest BCUT2D eigenvalue weighted by Crippen LogP contribution is -2.51. The van der Waals surface area contributed by atoms with Gasteiger partial charge in [-0.2, -0.15) is 0 Å². The van der Waals surface area contributed by atoms with Crippen molar-refractivity contribution in [3.8, 4) is 0 Å². The van der Waals surface area contributed by atoms with Crippen LogP contribution in [0.25, 0.3) is 0 Å². The average Bonchev–Trinajstić information content (AvgIpc) is 2.17. The van der Waals surface area contributed by atoms with Gasteiger partial charge in [0.05, 0.1) is 0 Å².